The first-order valence-electron chi connectivity index (χ1n) is 9.74. The summed E-state index contributed by atoms with van der Waals surface area (Å²) in [6.07, 6.45) is 1.53. The zero-order chi connectivity index (χ0) is 19.5. The predicted molar refractivity (Wildman–Crippen MR) is 124 cm³/mol. The van der Waals surface area contributed by atoms with Crippen molar-refractivity contribution in [1.82, 2.24) is 0 Å². The predicted octanol–water partition coefficient (Wildman–Crippen LogP) is 6.75. The fourth-order valence-electron chi connectivity index (χ4n) is 4.78. The standard InChI is InChI=1S/C25H22INO/c1-25(2)13-18-22-16-8-4-3-7-15(16)11-12-20(22)27-24(23(18)21(28)14-25)17-9-5-6-10-19(17)26/h3-12,24,27H,13-14H2,1-2H3/t24-/m0/s1. The van der Waals surface area contributed by atoms with Crippen LogP contribution in [0.25, 0.3) is 16.3 Å². The monoisotopic (exact) mass is 479 g/mol. The molecule has 1 heterocycles. The molecule has 1 aliphatic carbocycles. The van der Waals surface area contributed by atoms with Crippen LogP contribution in [0.4, 0.5) is 5.69 Å². The van der Waals surface area contributed by atoms with Crippen LogP contribution in [-0.2, 0) is 4.79 Å². The van der Waals surface area contributed by atoms with Gasteiger partial charge in [-0.1, -0.05) is 62.4 Å². The third kappa shape index (κ3) is 2.79. The highest BCUT2D eigenvalue weighted by molar-refractivity contribution is 14.1. The lowest BCUT2D eigenvalue weighted by Gasteiger charge is -2.40. The van der Waals surface area contributed by atoms with Crippen LogP contribution in [0.15, 0.2) is 66.2 Å². The maximum atomic E-state index is 13.4. The molecule has 2 aliphatic rings. The average Bonchev–Trinajstić information content (AvgIpc) is 2.66. The van der Waals surface area contributed by atoms with E-state index in [2.05, 4.69) is 102 Å². The molecule has 1 N–H and O–H groups in total. The smallest absolute Gasteiger partial charge is 0.162 e. The maximum Gasteiger partial charge on any atom is 0.162 e. The number of benzene rings is 3. The zero-order valence-corrected chi connectivity index (χ0v) is 18.2. The van der Waals surface area contributed by atoms with Crippen molar-refractivity contribution in [3.8, 4) is 0 Å². The lowest BCUT2D eigenvalue weighted by Crippen LogP contribution is -2.33. The molecule has 1 aliphatic heterocycles. The largest absolute Gasteiger partial charge is 0.373 e. The second-order valence-electron chi connectivity index (χ2n) is 8.64. The lowest BCUT2D eigenvalue weighted by atomic mass is 9.68. The molecule has 1 atom stereocenters. The number of carbonyl (C=O) groups is 1. The third-order valence-corrected chi connectivity index (χ3v) is 6.94. The molecule has 0 radical (unpaired) electrons. The van der Waals surface area contributed by atoms with Gasteiger partial charge >= 0.3 is 0 Å². The molecule has 0 bridgehead atoms. The highest BCUT2D eigenvalue weighted by Gasteiger charge is 2.41. The van der Waals surface area contributed by atoms with Crippen LogP contribution in [0.5, 0.6) is 0 Å². The summed E-state index contributed by atoms with van der Waals surface area (Å²) in [5.74, 6) is 0.280. The number of allylic oxidation sites excluding steroid dienone is 1. The molecule has 140 valence electrons. The summed E-state index contributed by atoms with van der Waals surface area (Å²) >= 11 is 2.38. The van der Waals surface area contributed by atoms with Gasteiger partial charge in [-0.2, -0.15) is 0 Å². The normalized spacial score (nSPS) is 20.5. The van der Waals surface area contributed by atoms with Crippen LogP contribution in [0.1, 0.15) is 43.9 Å². The maximum absolute atomic E-state index is 13.4. The molecule has 0 saturated heterocycles. The fraction of sp³-hybridized carbons (Fsp3) is 0.240. The van der Waals surface area contributed by atoms with Crippen molar-refractivity contribution in [3.05, 3.63) is 80.9 Å². The Balaban J connectivity index is 1.83. The molecule has 28 heavy (non-hydrogen) atoms. The number of hydrogen-bond acceptors (Lipinski definition) is 2. The van der Waals surface area contributed by atoms with Gasteiger partial charge in [-0.05, 0) is 68.5 Å². The van der Waals surface area contributed by atoms with Gasteiger partial charge in [-0.15, -0.1) is 0 Å². The van der Waals surface area contributed by atoms with Crippen molar-refractivity contribution in [2.24, 2.45) is 5.41 Å². The molecule has 0 unspecified atom stereocenters. The highest BCUT2D eigenvalue weighted by Crippen LogP contribution is 2.52. The van der Waals surface area contributed by atoms with E-state index in [-0.39, 0.29) is 17.2 Å². The number of hydrogen-bond donors (Lipinski definition) is 1. The van der Waals surface area contributed by atoms with E-state index in [1.165, 1.54) is 31.0 Å². The summed E-state index contributed by atoms with van der Waals surface area (Å²) in [6.45, 7) is 4.42. The second-order valence-corrected chi connectivity index (χ2v) is 9.80. The van der Waals surface area contributed by atoms with E-state index in [4.69, 9.17) is 0 Å². The molecular weight excluding hydrogens is 457 g/mol. The Labute approximate surface area is 179 Å². The topological polar surface area (TPSA) is 29.1 Å². The summed E-state index contributed by atoms with van der Waals surface area (Å²) in [5, 5.41) is 6.17. The average molecular weight is 479 g/mol. The summed E-state index contributed by atoms with van der Waals surface area (Å²) in [5.41, 5.74) is 5.71. The van der Waals surface area contributed by atoms with Crippen LogP contribution in [-0.4, -0.2) is 5.78 Å². The second kappa shape index (κ2) is 6.45. The quantitative estimate of drug-likeness (QED) is 0.391. The first-order chi connectivity index (χ1) is 13.4. The SMILES string of the molecule is CC1(C)CC(=O)C2=C(C1)c1c(ccc3ccccc13)N[C@H]2c1ccccc1I. The minimum Gasteiger partial charge on any atom is -0.373 e. The van der Waals surface area contributed by atoms with Crippen molar-refractivity contribution in [2.75, 3.05) is 5.32 Å². The van der Waals surface area contributed by atoms with Gasteiger partial charge in [0, 0.05) is 26.8 Å². The van der Waals surface area contributed by atoms with Gasteiger partial charge in [0.05, 0.1) is 6.04 Å². The van der Waals surface area contributed by atoms with Crippen molar-refractivity contribution in [2.45, 2.75) is 32.7 Å². The van der Waals surface area contributed by atoms with E-state index in [0.717, 1.165) is 17.7 Å². The third-order valence-electron chi connectivity index (χ3n) is 5.96. The summed E-state index contributed by atoms with van der Waals surface area (Å²) < 4.78 is 1.19. The molecule has 0 spiro atoms. The van der Waals surface area contributed by atoms with Gasteiger partial charge in [0.1, 0.15) is 0 Å². The van der Waals surface area contributed by atoms with E-state index >= 15 is 0 Å². The van der Waals surface area contributed by atoms with Crippen molar-refractivity contribution in [3.63, 3.8) is 0 Å². The number of carbonyl (C=O) groups excluding carboxylic acids is 1. The minimum atomic E-state index is -0.0830. The Bertz CT molecular complexity index is 1160. The number of Topliss-reactive ketones (excluding diaryl/α,β-unsaturated/α-hetero) is 1. The summed E-state index contributed by atoms with van der Waals surface area (Å²) in [4.78, 5) is 13.4. The Hall–Kier alpha value is -2.14. The fourth-order valence-corrected chi connectivity index (χ4v) is 5.48. The van der Waals surface area contributed by atoms with E-state index in [0.29, 0.717) is 6.42 Å². The Morgan fingerprint density at radius 3 is 2.54 bits per heavy atom. The summed E-state index contributed by atoms with van der Waals surface area (Å²) in [6, 6.07) is 21.1. The van der Waals surface area contributed by atoms with Crippen LogP contribution < -0.4 is 5.32 Å². The number of ketones is 1. The van der Waals surface area contributed by atoms with Crippen LogP contribution in [0, 0.1) is 8.99 Å². The number of anilines is 1. The van der Waals surface area contributed by atoms with Crippen molar-refractivity contribution < 1.29 is 4.79 Å². The molecule has 3 heteroatoms. The number of halogens is 1. The lowest BCUT2D eigenvalue weighted by molar-refractivity contribution is -0.118. The first kappa shape index (κ1) is 17.9. The number of rotatable bonds is 1. The van der Waals surface area contributed by atoms with E-state index < -0.39 is 0 Å². The molecule has 0 amide bonds. The van der Waals surface area contributed by atoms with Gasteiger partial charge in [-0.25, -0.2) is 0 Å². The van der Waals surface area contributed by atoms with Crippen molar-refractivity contribution >= 4 is 50.4 Å². The van der Waals surface area contributed by atoms with E-state index in [1.54, 1.807) is 0 Å². The Morgan fingerprint density at radius 2 is 1.71 bits per heavy atom. The zero-order valence-electron chi connectivity index (χ0n) is 16.1. The molecule has 5 rings (SSSR count). The van der Waals surface area contributed by atoms with E-state index in [9.17, 15) is 4.79 Å². The highest BCUT2D eigenvalue weighted by atomic mass is 127. The summed E-state index contributed by atoms with van der Waals surface area (Å²) in [7, 11) is 0. The molecule has 3 aromatic carbocycles. The molecule has 0 saturated carbocycles. The Morgan fingerprint density at radius 1 is 0.964 bits per heavy atom. The molecule has 0 aromatic heterocycles. The van der Waals surface area contributed by atoms with Crippen LogP contribution >= 0.6 is 22.6 Å². The van der Waals surface area contributed by atoms with E-state index in [1.807, 2.05) is 0 Å². The van der Waals surface area contributed by atoms with Gasteiger partial charge in [0.25, 0.3) is 0 Å². The van der Waals surface area contributed by atoms with Crippen molar-refractivity contribution in [1.29, 1.82) is 0 Å². The number of fused-ring (bicyclic) bond motifs is 4. The van der Waals surface area contributed by atoms with Gasteiger partial charge in [0.2, 0.25) is 0 Å². The molecule has 3 aromatic rings. The van der Waals surface area contributed by atoms with Gasteiger partial charge < -0.3 is 5.32 Å². The molecular formula is C25H22INO. The Kier molecular flexibility index (Phi) is 4.13. The molecule has 2 nitrogen and oxygen atoms in total. The minimum absolute atomic E-state index is 0.0180. The van der Waals surface area contributed by atoms with Gasteiger partial charge in [0.15, 0.2) is 5.78 Å². The van der Waals surface area contributed by atoms with Crippen LogP contribution in [0.2, 0.25) is 0 Å². The van der Waals surface area contributed by atoms with Crippen LogP contribution in [0.3, 0.4) is 0 Å². The first-order valence-corrected chi connectivity index (χ1v) is 10.8. The molecule has 0 fully saturated rings. The number of nitrogens with one attached hydrogen (secondary N) is 1. The van der Waals surface area contributed by atoms with Gasteiger partial charge in [-0.3, -0.25) is 4.79 Å².